The van der Waals surface area contributed by atoms with E-state index in [-0.39, 0.29) is 11.9 Å². The lowest BCUT2D eigenvalue weighted by Crippen LogP contribution is -2.43. The fourth-order valence-electron chi connectivity index (χ4n) is 2.78. The van der Waals surface area contributed by atoms with E-state index in [2.05, 4.69) is 20.8 Å². The number of likely N-dealkylation sites (tertiary alicyclic amines) is 1. The monoisotopic (exact) mass is 340 g/mol. The molecule has 2 atom stereocenters. The molecule has 1 aromatic rings. The molecule has 0 aliphatic carbocycles. The standard InChI is InChI=1S/C15H21BrN2O2/c16-12-6-4-11(5-7-12)14(19)10-18-8-2-1-3-13(18)9-15(17)20/h4-7,13-14,19H,1-3,8-10H2,(H2,17,20). The maximum Gasteiger partial charge on any atom is 0.218 e. The van der Waals surface area contributed by atoms with E-state index in [9.17, 15) is 9.90 Å². The van der Waals surface area contributed by atoms with Gasteiger partial charge in [-0.05, 0) is 37.1 Å². The van der Waals surface area contributed by atoms with Crippen LogP contribution in [0.1, 0.15) is 37.4 Å². The molecule has 0 aromatic heterocycles. The van der Waals surface area contributed by atoms with Gasteiger partial charge < -0.3 is 10.8 Å². The zero-order chi connectivity index (χ0) is 14.5. The van der Waals surface area contributed by atoms with Crippen molar-refractivity contribution in [3.63, 3.8) is 0 Å². The zero-order valence-corrected chi connectivity index (χ0v) is 13.1. The van der Waals surface area contributed by atoms with Crippen molar-refractivity contribution in [2.75, 3.05) is 13.1 Å². The van der Waals surface area contributed by atoms with E-state index >= 15 is 0 Å². The largest absolute Gasteiger partial charge is 0.387 e. The van der Waals surface area contributed by atoms with Gasteiger partial charge in [0.2, 0.25) is 5.91 Å². The Bertz CT molecular complexity index is 450. The molecule has 0 radical (unpaired) electrons. The van der Waals surface area contributed by atoms with Gasteiger partial charge >= 0.3 is 0 Å². The van der Waals surface area contributed by atoms with Crippen LogP contribution >= 0.6 is 15.9 Å². The highest BCUT2D eigenvalue weighted by Crippen LogP contribution is 2.24. The van der Waals surface area contributed by atoms with Crippen LogP contribution in [0.25, 0.3) is 0 Å². The number of piperidine rings is 1. The summed E-state index contributed by atoms with van der Waals surface area (Å²) in [5.41, 5.74) is 6.21. The number of halogens is 1. The van der Waals surface area contributed by atoms with Crippen LogP contribution in [0, 0.1) is 0 Å². The van der Waals surface area contributed by atoms with Crippen LogP contribution in [0.15, 0.2) is 28.7 Å². The van der Waals surface area contributed by atoms with Crippen molar-refractivity contribution >= 4 is 21.8 Å². The normalized spacial score (nSPS) is 21.6. The molecule has 1 amide bonds. The van der Waals surface area contributed by atoms with Gasteiger partial charge in [0.15, 0.2) is 0 Å². The third-order valence-electron chi connectivity index (χ3n) is 3.85. The molecular weight excluding hydrogens is 320 g/mol. The Balaban J connectivity index is 1.98. The van der Waals surface area contributed by atoms with Gasteiger partial charge in [0.25, 0.3) is 0 Å². The molecule has 4 nitrogen and oxygen atoms in total. The lowest BCUT2D eigenvalue weighted by Gasteiger charge is -2.36. The van der Waals surface area contributed by atoms with Crippen LogP contribution in [0.3, 0.4) is 0 Å². The number of amides is 1. The number of carbonyl (C=O) groups excluding carboxylic acids is 1. The Hall–Kier alpha value is -0.910. The number of carbonyl (C=O) groups is 1. The quantitative estimate of drug-likeness (QED) is 0.863. The third-order valence-corrected chi connectivity index (χ3v) is 4.38. The Labute approximate surface area is 128 Å². The highest BCUT2D eigenvalue weighted by atomic mass is 79.9. The number of hydrogen-bond donors (Lipinski definition) is 2. The smallest absolute Gasteiger partial charge is 0.218 e. The van der Waals surface area contributed by atoms with Crippen LogP contribution in [0.5, 0.6) is 0 Å². The van der Waals surface area contributed by atoms with E-state index in [4.69, 9.17) is 5.73 Å². The van der Waals surface area contributed by atoms with E-state index in [0.717, 1.165) is 35.8 Å². The fourth-order valence-corrected chi connectivity index (χ4v) is 3.04. The minimum absolute atomic E-state index is 0.173. The second-order valence-electron chi connectivity index (χ2n) is 5.38. The summed E-state index contributed by atoms with van der Waals surface area (Å²) in [6.45, 7) is 1.48. The lowest BCUT2D eigenvalue weighted by atomic mass is 9.97. The van der Waals surface area contributed by atoms with E-state index in [1.165, 1.54) is 0 Å². The predicted molar refractivity (Wildman–Crippen MR) is 82.1 cm³/mol. The summed E-state index contributed by atoms with van der Waals surface area (Å²) in [5, 5.41) is 10.3. The Kier molecular flexibility index (Phi) is 5.57. The Morgan fingerprint density at radius 2 is 2.10 bits per heavy atom. The fraction of sp³-hybridized carbons (Fsp3) is 0.533. The van der Waals surface area contributed by atoms with Crippen molar-refractivity contribution < 1.29 is 9.90 Å². The summed E-state index contributed by atoms with van der Waals surface area (Å²) in [6.07, 6.45) is 3.07. The van der Waals surface area contributed by atoms with Crippen molar-refractivity contribution in [2.45, 2.75) is 37.8 Å². The highest BCUT2D eigenvalue weighted by Gasteiger charge is 2.25. The van der Waals surface area contributed by atoms with E-state index < -0.39 is 6.10 Å². The minimum atomic E-state index is -0.531. The second kappa shape index (κ2) is 7.20. The molecule has 1 aromatic carbocycles. The van der Waals surface area contributed by atoms with Crippen LogP contribution in [0.4, 0.5) is 0 Å². The molecule has 1 aliphatic heterocycles. The number of hydrogen-bond acceptors (Lipinski definition) is 3. The molecule has 2 unspecified atom stereocenters. The van der Waals surface area contributed by atoms with E-state index in [1.807, 2.05) is 24.3 Å². The van der Waals surface area contributed by atoms with Gasteiger partial charge in [-0.1, -0.05) is 34.5 Å². The number of β-amino-alcohol motifs (C(OH)–C–C–N with tert-alkyl or cyclic N) is 1. The maximum absolute atomic E-state index is 11.1. The first kappa shape index (κ1) is 15.5. The van der Waals surface area contributed by atoms with Gasteiger partial charge in [-0.25, -0.2) is 0 Å². The predicted octanol–water partition coefficient (Wildman–Crippen LogP) is 2.21. The van der Waals surface area contributed by atoms with Gasteiger partial charge in [-0.2, -0.15) is 0 Å². The van der Waals surface area contributed by atoms with Crippen molar-refractivity contribution in [2.24, 2.45) is 5.73 Å². The van der Waals surface area contributed by atoms with Crippen LogP contribution in [-0.2, 0) is 4.79 Å². The molecule has 1 saturated heterocycles. The minimum Gasteiger partial charge on any atom is -0.387 e. The number of primary amides is 1. The molecule has 1 heterocycles. The molecule has 3 N–H and O–H groups in total. The molecule has 0 spiro atoms. The Morgan fingerprint density at radius 1 is 1.40 bits per heavy atom. The third kappa shape index (κ3) is 4.30. The Morgan fingerprint density at radius 3 is 2.75 bits per heavy atom. The molecule has 1 aliphatic rings. The summed E-state index contributed by atoms with van der Waals surface area (Å²) < 4.78 is 0.998. The number of benzene rings is 1. The lowest BCUT2D eigenvalue weighted by molar-refractivity contribution is -0.119. The summed E-state index contributed by atoms with van der Waals surface area (Å²) in [4.78, 5) is 13.3. The SMILES string of the molecule is NC(=O)CC1CCCCN1CC(O)c1ccc(Br)cc1. The number of nitrogens with two attached hydrogens (primary N) is 1. The van der Waals surface area contributed by atoms with Gasteiger partial charge in [-0.3, -0.25) is 9.69 Å². The maximum atomic E-state index is 11.1. The van der Waals surface area contributed by atoms with Crippen LogP contribution < -0.4 is 5.73 Å². The van der Waals surface area contributed by atoms with E-state index in [0.29, 0.717) is 13.0 Å². The first-order chi connectivity index (χ1) is 9.56. The average Bonchev–Trinajstić information content (AvgIpc) is 2.41. The van der Waals surface area contributed by atoms with Gasteiger partial charge in [0, 0.05) is 23.5 Å². The number of rotatable bonds is 5. The molecule has 20 heavy (non-hydrogen) atoms. The van der Waals surface area contributed by atoms with Crippen LogP contribution in [-0.4, -0.2) is 35.0 Å². The number of nitrogens with zero attached hydrogens (tertiary/aromatic N) is 1. The first-order valence-electron chi connectivity index (χ1n) is 7.02. The molecule has 110 valence electrons. The molecular formula is C15H21BrN2O2. The van der Waals surface area contributed by atoms with Crippen molar-refractivity contribution in [1.82, 2.24) is 4.90 Å². The topological polar surface area (TPSA) is 66.6 Å². The van der Waals surface area contributed by atoms with Gasteiger partial charge in [0.1, 0.15) is 0 Å². The number of aliphatic hydroxyl groups excluding tert-OH is 1. The van der Waals surface area contributed by atoms with Gasteiger partial charge in [0.05, 0.1) is 6.10 Å². The summed E-state index contributed by atoms with van der Waals surface area (Å²) >= 11 is 3.39. The average molecular weight is 341 g/mol. The summed E-state index contributed by atoms with van der Waals surface area (Å²) in [5.74, 6) is -0.264. The molecule has 5 heteroatoms. The molecule has 1 fully saturated rings. The van der Waals surface area contributed by atoms with Gasteiger partial charge in [-0.15, -0.1) is 0 Å². The second-order valence-corrected chi connectivity index (χ2v) is 6.30. The van der Waals surface area contributed by atoms with Crippen molar-refractivity contribution in [3.05, 3.63) is 34.3 Å². The van der Waals surface area contributed by atoms with Crippen LogP contribution in [0.2, 0.25) is 0 Å². The van der Waals surface area contributed by atoms with E-state index in [1.54, 1.807) is 0 Å². The summed E-state index contributed by atoms with van der Waals surface area (Å²) in [7, 11) is 0. The molecule has 0 bridgehead atoms. The summed E-state index contributed by atoms with van der Waals surface area (Å²) in [6, 6.07) is 7.86. The first-order valence-corrected chi connectivity index (χ1v) is 7.81. The number of aliphatic hydroxyl groups is 1. The highest BCUT2D eigenvalue weighted by molar-refractivity contribution is 9.10. The van der Waals surface area contributed by atoms with Crippen molar-refractivity contribution in [1.29, 1.82) is 0 Å². The molecule has 0 saturated carbocycles. The molecule has 2 rings (SSSR count). The zero-order valence-electron chi connectivity index (χ0n) is 11.5. The van der Waals surface area contributed by atoms with Crippen molar-refractivity contribution in [3.8, 4) is 0 Å².